The van der Waals surface area contributed by atoms with Crippen molar-refractivity contribution in [1.29, 1.82) is 0 Å². The van der Waals surface area contributed by atoms with Crippen LogP contribution < -0.4 is 9.47 Å². The highest BCUT2D eigenvalue weighted by molar-refractivity contribution is 6.01. The number of nitro groups is 1. The topological polar surface area (TPSA) is 121 Å². The van der Waals surface area contributed by atoms with Gasteiger partial charge in [-0.2, -0.15) is 0 Å². The lowest BCUT2D eigenvalue weighted by Gasteiger charge is -2.33. The van der Waals surface area contributed by atoms with Gasteiger partial charge in [0.1, 0.15) is 17.4 Å². The Morgan fingerprint density at radius 3 is 2.50 bits per heavy atom. The molecule has 1 aromatic heterocycles. The minimum Gasteiger partial charge on any atom is -0.493 e. The first kappa shape index (κ1) is 19.2. The van der Waals surface area contributed by atoms with Crippen molar-refractivity contribution in [3.63, 3.8) is 0 Å². The Hall–Kier alpha value is -3.56. The molecule has 0 saturated carbocycles. The van der Waals surface area contributed by atoms with Crippen LogP contribution in [0.25, 0.3) is 0 Å². The average molecular weight is 390 g/mol. The van der Waals surface area contributed by atoms with Crippen LogP contribution in [-0.4, -0.2) is 49.1 Å². The summed E-state index contributed by atoms with van der Waals surface area (Å²) in [4.78, 5) is 37.6. The number of furan rings is 1. The molecule has 1 aliphatic rings. The number of esters is 1. The summed E-state index contributed by atoms with van der Waals surface area (Å²) in [6.07, 6.45) is 1.58. The third kappa shape index (κ3) is 3.24. The van der Waals surface area contributed by atoms with Crippen molar-refractivity contribution < 1.29 is 33.1 Å². The summed E-state index contributed by atoms with van der Waals surface area (Å²) in [6, 6.07) is 3.07. The van der Waals surface area contributed by atoms with Crippen LogP contribution in [0.2, 0.25) is 0 Å². The highest BCUT2D eigenvalue weighted by Gasteiger charge is 2.39. The first-order valence-corrected chi connectivity index (χ1v) is 8.25. The number of benzene rings is 1. The van der Waals surface area contributed by atoms with Crippen molar-refractivity contribution in [2.45, 2.75) is 19.0 Å². The maximum absolute atomic E-state index is 13.2. The van der Waals surface area contributed by atoms with Crippen molar-refractivity contribution in [3.8, 4) is 11.5 Å². The molecular formula is C18H18N2O8. The summed E-state index contributed by atoms with van der Waals surface area (Å²) < 4.78 is 20.4. The maximum Gasteiger partial charge on any atom is 0.329 e. The van der Waals surface area contributed by atoms with E-state index in [9.17, 15) is 19.7 Å². The van der Waals surface area contributed by atoms with Gasteiger partial charge < -0.3 is 23.5 Å². The van der Waals surface area contributed by atoms with Crippen LogP contribution in [0, 0.1) is 10.1 Å². The molecule has 3 rings (SSSR count). The number of amides is 1. The van der Waals surface area contributed by atoms with E-state index in [4.69, 9.17) is 18.6 Å². The number of fused-ring (bicyclic) bond motifs is 1. The molecule has 0 spiro atoms. The molecule has 28 heavy (non-hydrogen) atoms. The van der Waals surface area contributed by atoms with Gasteiger partial charge in [-0.1, -0.05) is 0 Å². The van der Waals surface area contributed by atoms with Gasteiger partial charge in [0.2, 0.25) is 0 Å². The zero-order chi connectivity index (χ0) is 20.4. The molecule has 10 nitrogen and oxygen atoms in total. The van der Waals surface area contributed by atoms with Crippen LogP contribution in [0.1, 0.15) is 21.7 Å². The van der Waals surface area contributed by atoms with E-state index in [1.54, 1.807) is 6.07 Å². The smallest absolute Gasteiger partial charge is 0.329 e. The summed E-state index contributed by atoms with van der Waals surface area (Å²) in [7, 11) is 3.90. The van der Waals surface area contributed by atoms with Crippen molar-refractivity contribution in [1.82, 2.24) is 4.90 Å². The standard InChI is InChI=1S/C18H18N2O8/c1-25-15-6-11(12(20(23)24)7-16(15)26-2)17(21)19-9-10-4-5-28-14(10)8-13(19)18(22)27-3/h4-7,13H,8-9H2,1-3H3/t13-/m0/s1. The maximum atomic E-state index is 13.2. The van der Waals surface area contributed by atoms with E-state index >= 15 is 0 Å². The van der Waals surface area contributed by atoms with Crippen molar-refractivity contribution in [3.05, 3.63) is 51.5 Å². The molecule has 1 amide bonds. The number of nitro benzene ring substituents is 1. The lowest BCUT2D eigenvalue weighted by Crippen LogP contribution is -2.49. The van der Waals surface area contributed by atoms with Gasteiger partial charge >= 0.3 is 5.97 Å². The molecule has 0 saturated heterocycles. The molecule has 2 heterocycles. The monoisotopic (exact) mass is 390 g/mol. The predicted octanol–water partition coefficient (Wildman–Crippen LogP) is 1.95. The number of carbonyl (C=O) groups is 2. The molecule has 2 aromatic rings. The second-order valence-corrected chi connectivity index (χ2v) is 6.03. The van der Waals surface area contributed by atoms with Crippen molar-refractivity contribution >= 4 is 17.6 Å². The molecule has 0 bridgehead atoms. The Bertz CT molecular complexity index is 936. The van der Waals surface area contributed by atoms with E-state index in [0.717, 1.165) is 11.6 Å². The van der Waals surface area contributed by atoms with Gasteiger partial charge in [-0.3, -0.25) is 14.9 Å². The van der Waals surface area contributed by atoms with Crippen molar-refractivity contribution in [2.75, 3.05) is 21.3 Å². The highest BCUT2D eigenvalue weighted by Crippen LogP contribution is 2.36. The number of ether oxygens (including phenoxy) is 3. The fourth-order valence-corrected chi connectivity index (χ4v) is 3.17. The number of methoxy groups -OCH3 is 3. The Balaban J connectivity index is 2.08. The minimum atomic E-state index is -0.969. The van der Waals surface area contributed by atoms with E-state index in [1.807, 2.05) is 0 Å². The van der Waals surface area contributed by atoms with Crippen LogP contribution >= 0.6 is 0 Å². The Labute approximate surface area is 159 Å². The average Bonchev–Trinajstić information content (AvgIpc) is 3.17. The Kier molecular flexibility index (Phi) is 5.21. The second-order valence-electron chi connectivity index (χ2n) is 6.03. The first-order valence-electron chi connectivity index (χ1n) is 8.25. The Morgan fingerprint density at radius 2 is 1.89 bits per heavy atom. The summed E-state index contributed by atoms with van der Waals surface area (Å²) >= 11 is 0. The largest absolute Gasteiger partial charge is 0.493 e. The number of carbonyl (C=O) groups excluding carboxylic acids is 2. The van der Waals surface area contributed by atoms with Gasteiger partial charge in [-0.15, -0.1) is 0 Å². The lowest BCUT2D eigenvalue weighted by molar-refractivity contribution is -0.385. The molecule has 148 valence electrons. The summed E-state index contributed by atoms with van der Waals surface area (Å²) in [6.45, 7) is 0.0515. The molecule has 0 unspecified atom stereocenters. The number of hydrogen-bond donors (Lipinski definition) is 0. The zero-order valence-electron chi connectivity index (χ0n) is 15.5. The zero-order valence-corrected chi connectivity index (χ0v) is 15.5. The molecule has 1 atom stereocenters. The summed E-state index contributed by atoms with van der Waals surface area (Å²) in [5, 5.41) is 11.5. The summed E-state index contributed by atoms with van der Waals surface area (Å²) in [5.41, 5.74) is 0.0457. The van der Waals surface area contributed by atoms with Crippen molar-refractivity contribution in [2.24, 2.45) is 0 Å². The van der Waals surface area contributed by atoms with Crippen LogP contribution in [0.15, 0.2) is 28.9 Å². The third-order valence-corrected chi connectivity index (χ3v) is 4.60. The van der Waals surface area contributed by atoms with E-state index in [1.165, 1.54) is 38.6 Å². The van der Waals surface area contributed by atoms with Gasteiger partial charge in [-0.25, -0.2) is 4.79 Å². The predicted molar refractivity (Wildman–Crippen MR) is 94.3 cm³/mol. The van der Waals surface area contributed by atoms with E-state index in [2.05, 4.69) is 0 Å². The normalized spacial score (nSPS) is 15.5. The van der Waals surface area contributed by atoms with Gasteiger partial charge in [0.25, 0.3) is 11.6 Å². The van der Waals surface area contributed by atoms with Crippen LogP contribution in [-0.2, 0) is 22.5 Å². The molecule has 10 heteroatoms. The van der Waals surface area contributed by atoms with Crippen LogP contribution in [0.4, 0.5) is 5.69 Å². The molecule has 1 aliphatic heterocycles. The molecule has 0 radical (unpaired) electrons. The van der Waals surface area contributed by atoms with E-state index < -0.39 is 28.5 Å². The minimum absolute atomic E-state index is 0.0515. The SMILES string of the molecule is COC(=O)[C@@H]1Cc2occc2CN1C(=O)c1cc(OC)c(OC)cc1[N+](=O)[O-]. The summed E-state index contributed by atoms with van der Waals surface area (Å²) in [5.74, 6) is -0.493. The quantitative estimate of drug-likeness (QED) is 0.431. The molecule has 1 aromatic carbocycles. The fourth-order valence-electron chi connectivity index (χ4n) is 3.17. The molecule has 0 N–H and O–H groups in total. The molecular weight excluding hydrogens is 372 g/mol. The lowest BCUT2D eigenvalue weighted by atomic mass is 9.99. The number of nitrogens with zero attached hydrogens (tertiary/aromatic N) is 2. The second kappa shape index (κ2) is 7.59. The van der Waals surface area contributed by atoms with Gasteiger partial charge in [0.15, 0.2) is 11.5 Å². The van der Waals surface area contributed by atoms with Crippen LogP contribution in [0.5, 0.6) is 11.5 Å². The van der Waals surface area contributed by atoms with E-state index in [0.29, 0.717) is 5.76 Å². The Morgan fingerprint density at radius 1 is 1.21 bits per heavy atom. The van der Waals surface area contributed by atoms with Gasteiger partial charge in [0, 0.05) is 18.1 Å². The number of hydrogen-bond acceptors (Lipinski definition) is 8. The van der Waals surface area contributed by atoms with Gasteiger partial charge in [-0.05, 0) is 6.07 Å². The number of rotatable bonds is 5. The molecule has 0 aliphatic carbocycles. The van der Waals surface area contributed by atoms with Crippen LogP contribution in [0.3, 0.4) is 0 Å². The molecule has 0 fully saturated rings. The first-order chi connectivity index (χ1) is 13.4. The van der Waals surface area contributed by atoms with Gasteiger partial charge in [0.05, 0.1) is 45.1 Å². The fraction of sp³-hybridized carbons (Fsp3) is 0.333. The third-order valence-electron chi connectivity index (χ3n) is 4.60. The van der Waals surface area contributed by atoms with E-state index in [-0.39, 0.29) is 30.0 Å². The highest BCUT2D eigenvalue weighted by atomic mass is 16.6.